The second kappa shape index (κ2) is 7.79. The first kappa shape index (κ1) is 19.3. The predicted octanol–water partition coefficient (Wildman–Crippen LogP) is 5.47. The lowest BCUT2D eigenvalue weighted by atomic mass is 10.0. The Labute approximate surface area is 174 Å². The van der Waals surface area contributed by atoms with E-state index in [1.807, 2.05) is 54.6 Å². The molecule has 5 heteroatoms. The first-order valence-corrected chi connectivity index (χ1v) is 9.55. The highest BCUT2D eigenvalue weighted by Crippen LogP contribution is 2.27. The SMILES string of the molecule is Cc1cc(C(=O)O)cc(C)c1NC(=O)c1cc(-c2ccccc2)nc2ccccc12. The summed E-state index contributed by atoms with van der Waals surface area (Å²) in [6.45, 7) is 3.57. The number of rotatable bonds is 4. The zero-order chi connectivity index (χ0) is 21.3. The number of nitrogens with zero attached hydrogens (tertiary/aromatic N) is 1. The number of carbonyl (C=O) groups is 2. The normalized spacial score (nSPS) is 10.7. The van der Waals surface area contributed by atoms with E-state index in [9.17, 15) is 14.7 Å². The molecule has 0 saturated carbocycles. The van der Waals surface area contributed by atoms with Gasteiger partial charge in [-0.3, -0.25) is 4.79 Å². The number of para-hydroxylation sites is 1. The molecule has 4 aromatic rings. The van der Waals surface area contributed by atoms with Gasteiger partial charge in [-0.1, -0.05) is 48.5 Å². The standard InChI is InChI=1S/C25H20N2O3/c1-15-12-18(25(29)30)13-16(2)23(15)27-24(28)20-14-22(17-8-4-3-5-9-17)26-21-11-7-6-10-19(20)21/h3-14H,1-2H3,(H,27,28)(H,29,30). The number of pyridine rings is 1. The van der Waals surface area contributed by atoms with Crippen LogP contribution in [0.25, 0.3) is 22.2 Å². The molecule has 0 spiro atoms. The van der Waals surface area contributed by atoms with Gasteiger partial charge in [0.15, 0.2) is 0 Å². The van der Waals surface area contributed by atoms with E-state index in [2.05, 4.69) is 5.32 Å². The molecular weight excluding hydrogens is 376 g/mol. The predicted molar refractivity (Wildman–Crippen MR) is 118 cm³/mol. The highest BCUT2D eigenvalue weighted by molar-refractivity contribution is 6.13. The Kier molecular flexibility index (Phi) is 5.02. The quantitative estimate of drug-likeness (QED) is 0.479. The Morgan fingerprint density at radius 2 is 1.50 bits per heavy atom. The smallest absolute Gasteiger partial charge is 0.335 e. The fourth-order valence-corrected chi connectivity index (χ4v) is 3.59. The minimum absolute atomic E-state index is 0.198. The van der Waals surface area contributed by atoms with Crippen molar-refractivity contribution in [2.75, 3.05) is 5.32 Å². The van der Waals surface area contributed by atoms with Gasteiger partial charge in [-0.05, 0) is 49.2 Å². The molecule has 0 unspecified atom stereocenters. The van der Waals surface area contributed by atoms with Crippen molar-refractivity contribution in [3.63, 3.8) is 0 Å². The van der Waals surface area contributed by atoms with Gasteiger partial charge in [-0.15, -0.1) is 0 Å². The van der Waals surface area contributed by atoms with Gasteiger partial charge in [-0.2, -0.15) is 0 Å². The summed E-state index contributed by atoms with van der Waals surface area (Å²) in [4.78, 5) is 29.3. The molecule has 4 rings (SSSR count). The molecule has 0 aliphatic heterocycles. The van der Waals surface area contributed by atoms with Gasteiger partial charge in [0, 0.05) is 16.6 Å². The van der Waals surface area contributed by atoms with Crippen LogP contribution in [0.1, 0.15) is 31.8 Å². The summed E-state index contributed by atoms with van der Waals surface area (Å²) in [5.41, 5.74) is 5.10. The summed E-state index contributed by atoms with van der Waals surface area (Å²) in [5, 5.41) is 13.0. The number of anilines is 1. The van der Waals surface area contributed by atoms with Crippen LogP contribution in [-0.4, -0.2) is 22.0 Å². The molecule has 1 amide bonds. The number of hydrogen-bond donors (Lipinski definition) is 2. The van der Waals surface area contributed by atoms with Gasteiger partial charge in [-0.25, -0.2) is 9.78 Å². The summed E-state index contributed by atoms with van der Waals surface area (Å²) >= 11 is 0. The molecule has 0 aliphatic carbocycles. The zero-order valence-electron chi connectivity index (χ0n) is 16.6. The molecule has 0 saturated heterocycles. The summed E-state index contributed by atoms with van der Waals surface area (Å²) < 4.78 is 0. The molecule has 3 aromatic carbocycles. The van der Waals surface area contributed by atoms with Gasteiger partial charge in [0.25, 0.3) is 5.91 Å². The molecule has 0 aliphatic rings. The monoisotopic (exact) mass is 396 g/mol. The van der Waals surface area contributed by atoms with Gasteiger partial charge in [0.2, 0.25) is 0 Å². The third-order valence-electron chi connectivity index (χ3n) is 5.05. The molecule has 1 heterocycles. The van der Waals surface area contributed by atoms with Crippen LogP contribution in [0.3, 0.4) is 0 Å². The molecule has 30 heavy (non-hydrogen) atoms. The van der Waals surface area contributed by atoms with E-state index >= 15 is 0 Å². The van der Waals surface area contributed by atoms with Crippen LogP contribution in [0.2, 0.25) is 0 Å². The van der Waals surface area contributed by atoms with Crippen molar-refractivity contribution < 1.29 is 14.7 Å². The number of amides is 1. The van der Waals surface area contributed by atoms with E-state index in [-0.39, 0.29) is 11.5 Å². The number of nitrogens with one attached hydrogen (secondary N) is 1. The minimum atomic E-state index is -0.994. The molecule has 1 aromatic heterocycles. The zero-order valence-corrected chi connectivity index (χ0v) is 16.6. The second-order valence-corrected chi connectivity index (χ2v) is 7.18. The van der Waals surface area contributed by atoms with Crippen LogP contribution < -0.4 is 5.32 Å². The lowest BCUT2D eigenvalue weighted by Gasteiger charge is -2.15. The Morgan fingerprint density at radius 3 is 2.17 bits per heavy atom. The van der Waals surface area contributed by atoms with Gasteiger partial charge < -0.3 is 10.4 Å². The summed E-state index contributed by atoms with van der Waals surface area (Å²) in [6, 6.07) is 22.2. The van der Waals surface area contributed by atoms with Crippen molar-refractivity contribution in [3.05, 3.63) is 95.1 Å². The minimum Gasteiger partial charge on any atom is -0.478 e. The highest BCUT2D eigenvalue weighted by atomic mass is 16.4. The second-order valence-electron chi connectivity index (χ2n) is 7.18. The van der Waals surface area contributed by atoms with Crippen molar-refractivity contribution in [3.8, 4) is 11.3 Å². The third kappa shape index (κ3) is 3.65. The van der Waals surface area contributed by atoms with Crippen molar-refractivity contribution in [2.24, 2.45) is 0 Å². The average molecular weight is 396 g/mol. The summed E-state index contributed by atoms with van der Waals surface area (Å²) in [6.07, 6.45) is 0. The Balaban J connectivity index is 1.80. The highest BCUT2D eigenvalue weighted by Gasteiger charge is 2.17. The van der Waals surface area contributed by atoms with Crippen molar-refractivity contribution >= 4 is 28.5 Å². The van der Waals surface area contributed by atoms with Crippen LogP contribution in [0.5, 0.6) is 0 Å². The maximum absolute atomic E-state index is 13.3. The first-order chi connectivity index (χ1) is 14.4. The number of aromatic carboxylic acids is 1. The van der Waals surface area contributed by atoms with E-state index in [1.165, 1.54) is 0 Å². The molecule has 148 valence electrons. The van der Waals surface area contributed by atoms with Crippen LogP contribution in [0, 0.1) is 13.8 Å². The van der Waals surface area contributed by atoms with Gasteiger partial charge >= 0.3 is 5.97 Å². The van der Waals surface area contributed by atoms with Crippen molar-refractivity contribution in [1.29, 1.82) is 0 Å². The van der Waals surface area contributed by atoms with Crippen molar-refractivity contribution in [1.82, 2.24) is 4.98 Å². The summed E-state index contributed by atoms with van der Waals surface area (Å²) in [7, 11) is 0. The number of hydrogen-bond acceptors (Lipinski definition) is 3. The molecule has 2 N–H and O–H groups in total. The van der Waals surface area contributed by atoms with E-state index < -0.39 is 5.97 Å². The molecule has 0 bridgehead atoms. The number of carboxylic acids is 1. The fraction of sp³-hybridized carbons (Fsp3) is 0.0800. The number of aryl methyl sites for hydroxylation is 2. The fourth-order valence-electron chi connectivity index (χ4n) is 3.59. The Hall–Kier alpha value is -3.99. The number of carboxylic acid groups (broad SMARTS) is 1. The Bertz CT molecular complexity index is 1260. The molecular formula is C25H20N2O3. The average Bonchev–Trinajstić information content (AvgIpc) is 2.75. The largest absolute Gasteiger partial charge is 0.478 e. The topological polar surface area (TPSA) is 79.3 Å². The van der Waals surface area contributed by atoms with E-state index in [0.29, 0.717) is 28.1 Å². The Morgan fingerprint density at radius 1 is 0.867 bits per heavy atom. The van der Waals surface area contributed by atoms with E-state index in [0.717, 1.165) is 16.5 Å². The molecule has 5 nitrogen and oxygen atoms in total. The van der Waals surface area contributed by atoms with Gasteiger partial charge in [0.05, 0.1) is 22.3 Å². The van der Waals surface area contributed by atoms with E-state index in [4.69, 9.17) is 4.98 Å². The molecule has 0 atom stereocenters. The lowest BCUT2D eigenvalue weighted by Crippen LogP contribution is -2.15. The van der Waals surface area contributed by atoms with Crippen LogP contribution >= 0.6 is 0 Å². The number of carbonyl (C=O) groups excluding carboxylic acids is 1. The van der Waals surface area contributed by atoms with Crippen molar-refractivity contribution in [2.45, 2.75) is 13.8 Å². The maximum Gasteiger partial charge on any atom is 0.335 e. The number of benzene rings is 3. The third-order valence-corrected chi connectivity index (χ3v) is 5.05. The lowest BCUT2D eigenvalue weighted by molar-refractivity contribution is 0.0696. The number of fused-ring (bicyclic) bond motifs is 1. The van der Waals surface area contributed by atoms with Crippen LogP contribution in [0.15, 0.2) is 72.8 Å². The van der Waals surface area contributed by atoms with Gasteiger partial charge in [0.1, 0.15) is 0 Å². The van der Waals surface area contributed by atoms with Crippen LogP contribution in [-0.2, 0) is 0 Å². The van der Waals surface area contributed by atoms with Crippen LogP contribution in [0.4, 0.5) is 5.69 Å². The summed E-state index contributed by atoms with van der Waals surface area (Å²) in [5.74, 6) is -1.26. The van der Waals surface area contributed by atoms with E-state index in [1.54, 1.807) is 32.0 Å². The number of aromatic nitrogens is 1. The first-order valence-electron chi connectivity index (χ1n) is 9.55. The molecule has 0 radical (unpaired) electrons. The maximum atomic E-state index is 13.3. The molecule has 0 fully saturated rings.